The number of hydrogen-bond donors (Lipinski definition) is 1. The zero-order valence-corrected chi connectivity index (χ0v) is 12.7. The molecule has 2 aromatic rings. The van der Waals surface area contributed by atoms with Crippen LogP contribution in [-0.2, 0) is 15.5 Å². The number of fused-ring (bicyclic) bond motifs is 1. The lowest BCUT2D eigenvalue weighted by Gasteiger charge is -2.32. The van der Waals surface area contributed by atoms with Crippen molar-refractivity contribution in [1.82, 2.24) is 9.97 Å². The largest absolute Gasteiger partial charge is 0.497 e. The van der Waals surface area contributed by atoms with Crippen LogP contribution >= 0.6 is 0 Å². The fourth-order valence-corrected chi connectivity index (χ4v) is 2.35. The van der Waals surface area contributed by atoms with Crippen LogP contribution in [0.2, 0.25) is 0 Å². The maximum absolute atomic E-state index is 12.8. The first-order valence-electron chi connectivity index (χ1n) is 6.93. The number of rotatable bonds is 1. The minimum Gasteiger partial charge on any atom is -0.399 e. The molecule has 0 bridgehead atoms. The normalized spacial score (nSPS) is 20.8. The Bertz CT molecular complexity index is 708. The van der Waals surface area contributed by atoms with Gasteiger partial charge < -0.3 is 14.3 Å². The summed E-state index contributed by atoms with van der Waals surface area (Å²) in [7, 11) is -0.752. The minimum absolute atomic E-state index is 0.216. The summed E-state index contributed by atoms with van der Waals surface area (Å²) in [6.07, 6.45) is -4.52. The minimum atomic E-state index is -4.52. The number of benzene rings is 1. The lowest BCUT2D eigenvalue weighted by atomic mass is 9.78. The molecule has 0 radical (unpaired) electrons. The fourth-order valence-electron chi connectivity index (χ4n) is 2.35. The van der Waals surface area contributed by atoms with E-state index in [1.165, 1.54) is 0 Å². The van der Waals surface area contributed by atoms with Crippen LogP contribution in [-0.4, -0.2) is 28.3 Å². The number of hydrogen-bond acceptors (Lipinski definition) is 3. The first-order valence-corrected chi connectivity index (χ1v) is 6.93. The second-order valence-corrected chi connectivity index (χ2v) is 6.41. The zero-order valence-electron chi connectivity index (χ0n) is 12.7. The summed E-state index contributed by atoms with van der Waals surface area (Å²) in [5.41, 5.74) is -0.123. The number of aromatic nitrogens is 2. The number of imidazole rings is 1. The number of alkyl halides is 3. The van der Waals surface area contributed by atoms with E-state index < -0.39 is 30.3 Å². The molecule has 1 saturated heterocycles. The van der Waals surface area contributed by atoms with Gasteiger partial charge in [0.2, 0.25) is 5.82 Å². The van der Waals surface area contributed by atoms with Gasteiger partial charge in [-0.15, -0.1) is 0 Å². The van der Waals surface area contributed by atoms with Gasteiger partial charge in [-0.2, -0.15) is 13.2 Å². The zero-order chi connectivity index (χ0) is 16.3. The average molecular weight is 312 g/mol. The maximum atomic E-state index is 12.8. The molecule has 8 heteroatoms. The fraction of sp³-hybridized carbons (Fsp3) is 0.500. The Morgan fingerprint density at radius 1 is 1.09 bits per heavy atom. The summed E-state index contributed by atoms with van der Waals surface area (Å²) in [4.78, 5) is 5.98. The molecular formula is C14H16BF3N2O2. The van der Waals surface area contributed by atoms with E-state index in [9.17, 15) is 13.2 Å². The van der Waals surface area contributed by atoms with Crippen LogP contribution in [0.15, 0.2) is 18.2 Å². The number of nitrogens with one attached hydrogen (secondary N) is 1. The van der Waals surface area contributed by atoms with E-state index in [1.54, 1.807) is 18.2 Å². The molecule has 118 valence electrons. The van der Waals surface area contributed by atoms with E-state index in [1.807, 2.05) is 27.7 Å². The van der Waals surface area contributed by atoms with Gasteiger partial charge in [-0.25, -0.2) is 4.98 Å². The highest BCUT2D eigenvalue weighted by Crippen LogP contribution is 2.37. The van der Waals surface area contributed by atoms with E-state index in [0.717, 1.165) is 0 Å². The number of nitrogens with zero attached hydrogens (tertiary/aromatic N) is 1. The summed E-state index contributed by atoms with van der Waals surface area (Å²) < 4.78 is 50.3. The van der Waals surface area contributed by atoms with Gasteiger partial charge in [0.25, 0.3) is 0 Å². The van der Waals surface area contributed by atoms with Gasteiger partial charge >= 0.3 is 13.3 Å². The van der Waals surface area contributed by atoms with Gasteiger partial charge in [-0.3, -0.25) is 0 Å². The van der Waals surface area contributed by atoms with Crippen molar-refractivity contribution in [3.05, 3.63) is 24.0 Å². The Labute approximate surface area is 126 Å². The third-order valence-corrected chi connectivity index (χ3v) is 4.32. The van der Waals surface area contributed by atoms with E-state index in [-0.39, 0.29) is 5.52 Å². The Morgan fingerprint density at radius 2 is 1.68 bits per heavy atom. The van der Waals surface area contributed by atoms with Crippen molar-refractivity contribution in [2.24, 2.45) is 0 Å². The first-order chi connectivity index (χ1) is 10.0. The van der Waals surface area contributed by atoms with Crippen LogP contribution < -0.4 is 5.46 Å². The van der Waals surface area contributed by atoms with Gasteiger partial charge in [0.05, 0.1) is 22.2 Å². The summed E-state index contributed by atoms with van der Waals surface area (Å²) in [6, 6.07) is 4.87. The summed E-state index contributed by atoms with van der Waals surface area (Å²) in [6.45, 7) is 7.55. The lowest BCUT2D eigenvalue weighted by Crippen LogP contribution is -2.41. The highest BCUT2D eigenvalue weighted by Gasteiger charge is 2.52. The van der Waals surface area contributed by atoms with Crippen LogP contribution in [0.3, 0.4) is 0 Å². The van der Waals surface area contributed by atoms with Crippen molar-refractivity contribution < 1.29 is 22.5 Å². The molecule has 4 nitrogen and oxygen atoms in total. The highest BCUT2D eigenvalue weighted by molar-refractivity contribution is 6.64. The molecule has 22 heavy (non-hydrogen) atoms. The lowest BCUT2D eigenvalue weighted by molar-refractivity contribution is -0.144. The number of para-hydroxylation sites is 1. The van der Waals surface area contributed by atoms with E-state index in [0.29, 0.717) is 11.0 Å². The standard InChI is InChI=1S/C14H16BF3N2O2/c1-12(2)13(3,4)22-15(21-12)8-6-5-7-9-10(8)20-11(19-9)14(16,17)18/h5-7H,1-4H3,(H,19,20). The predicted molar refractivity (Wildman–Crippen MR) is 76.8 cm³/mol. The Kier molecular flexibility index (Phi) is 3.13. The van der Waals surface area contributed by atoms with Crippen LogP contribution in [0.1, 0.15) is 33.5 Å². The topological polar surface area (TPSA) is 47.1 Å². The third-order valence-electron chi connectivity index (χ3n) is 4.32. The maximum Gasteiger partial charge on any atom is 0.497 e. The van der Waals surface area contributed by atoms with Gasteiger partial charge in [0.1, 0.15) is 0 Å². The molecule has 0 amide bonds. The van der Waals surface area contributed by atoms with Crippen molar-refractivity contribution in [3.8, 4) is 0 Å². The van der Waals surface area contributed by atoms with Gasteiger partial charge in [0.15, 0.2) is 0 Å². The second kappa shape index (κ2) is 4.49. The first kappa shape index (κ1) is 15.4. The van der Waals surface area contributed by atoms with E-state index >= 15 is 0 Å². The molecule has 2 heterocycles. The average Bonchev–Trinajstić information content (AvgIpc) is 2.88. The molecule has 0 saturated carbocycles. The predicted octanol–water partition coefficient (Wildman–Crippen LogP) is 2.88. The molecule has 0 atom stereocenters. The monoisotopic (exact) mass is 312 g/mol. The van der Waals surface area contributed by atoms with Crippen LogP contribution in [0, 0.1) is 0 Å². The number of H-pyrrole nitrogens is 1. The molecule has 1 fully saturated rings. The SMILES string of the molecule is CC1(C)OB(c2cccc3[nH]c(C(F)(F)F)nc23)OC1(C)C. The van der Waals surface area contributed by atoms with E-state index in [4.69, 9.17) is 9.31 Å². The van der Waals surface area contributed by atoms with Crippen molar-refractivity contribution in [1.29, 1.82) is 0 Å². The van der Waals surface area contributed by atoms with Crippen molar-refractivity contribution in [2.45, 2.75) is 45.1 Å². The second-order valence-electron chi connectivity index (χ2n) is 6.41. The molecule has 0 unspecified atom stereocenters. The molecule has 1 N–H and O–H groups in total. The molecule has 0 spiro atoms. The molecule has 1 aliphatic rings. The smallest absolute Gasteiger partial charge is 0.399 e. The molecule has 1 aromatic carbocycles. The third kappa shape index (κ3) is 2.30. The van der Waals surface area contributed by atoms with Crippen molar-refractivity contribution in [3.63, 3.8) is 0 Å². The summed E-state index contributed by atoms with van der Waals surface area (Å²) >= 11 is 0. The molecule has 0 aliphatic carbocycles. The quantitative estimate of drug-likeness (QED) is 0.824. The van der Waals surface area contributed by atoms with Gasteiger partial charge in [0, 0.05) is 5.46 Å². The number of aromatic amines is 1. The van der Waals surface area contributed by atoms with Crippen LogP contribution in [0.25, 0.3) is 11.0 Å². The Balaban J connectivity index is 2.07. The summed E-state index contributed by atoms with van der Waals surface area (Å²) in [5, 5.41) is 0. The van der Waals surface area contributed by atoms with Gasteiger partial charge in [-0.05, 0) is 33.8 Å². The number of halogens is 3. The van der Waals surface area contributed by atoms with Crippen LogP contribution in [0.4, 0.5) is 13.2 Å². The van der Waals surface area contributed by atoms with Crippen molar-refractivity contribution >= 4 is 23.6 Å². The van der Waals surface area contributed by atoms with Crippen LogP contribution in [0.5, 0.6) is 0 Å². The van der Waals surface area contributed by atoms with Gasteiger partial charge in [-0.1, -0.05) is 12.1 Å². The Morgan fingerprint density at radius 3 is 2.23 bits per heavy atom. The Hall–Kier alpha value is -1.54. The summed E-state index contributed by atoms with van der Waals surface area (Å²) in [5.74, 6) is -1.02. The molecule has 1 aromatic heterocycles. The van der Waals surface area contributed by atoms with E-state index in [2.05, 4.69) is 9.97 Å². The highest BCUT2D eigenvalue weighted by atomic mass is 19.4. The molecule has 1 aliphatic heterocycles. The molecular weight excluding hydrogens is 296 g/mol. The van der Waals surface area contributed by atoms with Crippen molar-refractivity contribution in [2.75, 3.05) is 0 Å². The molecule has 3 rings (SSSR count).